The SMILES string of the molecule is C=CC[C@H](OC(=O)C(C)(C)C)C(=O)c1ccccc1. The first kappa shape index (κ1) is 15.2. The average Bonchev–Trinajstić information content (AvgIpc) is 2.37. The number of esters is 1. The smallest absolute Gasteiger partial charge is 0.311 e. The average molecular weight is 260 g/mol. The predicted octanol–water partition coefficient (Wildman–Crippen LogP) is 3.40. The maximum Gasteiger partial charge on any atom is 0.311 e. The zero-order chi connectivity index (χ0) is 14.5. The molecular formula is C16H20O3. The van der Waals surface area contributed by atoms with E-state index in [-0.39, 0.29) is 11.8 Å². The van der Waals surface area contributed by atoms with Crippen molar-refractivity contribution in [3.05, 3.63) is 48.6 Å². The van der Waals surface area contributed by atoms with Crippen LogP contribution in [0.2, 0.25) is 0 Å². The van der Waals surface area contributed by atoms with Crippen LogP contribution in [0.3, 0.4) is 0 Å². The van der Waals surface area contributed by atoms with Crippen molar-refractivity contribution in [2.75, 3.05) is 0 Å². The van der Waals surface area contributed by atoms with Crippen molar-refractivity contribution in [1.29, 1.82) is 0 Å². The Bertz CT molecular complexity index is 455. The van der Waals surface area contributed by atoms with Gasteiger partial charge in [-0.25, -0.2) is 0 Å². The Balaban J connectivity index is 2.87. The molecular weight excluding hydrogens is 240 g/mol. The van der Waals surface area contributed by atoms with Crippen molar-refractivity contribution in [2.45, 2.75) is 33.3 Å². The molecule has 0 aromatic heterocycles. The number of carbonyl (C=O) groups excluding carboxylic acids is 2. The van der Waals surface area contributed by atoms with Crippen molar-refractivity contribution >= 4 is 11.8 Å². The van der Waals surface area contributed by atoms with Gasteiger partial charge in [-0.05, 0) is 20.8 Å². The number of rotatable bonds is 5. The summed E-state index contributed by atoms with van der Waals surface area (Å²) in [5, 5.41) is 0. The van der Waals surface area contributed by atoms with Crippen LogP contribution in [0.1, 0.15) is 37.6 Å². The second-order valence-electron chi connectivity index (χ2n) is 5.40. The lowest BCUT2D eigenvalue weighted by Gasteiger charge is -2.21. The number of hydrogen-bond donors (Lipinski definition) is 0. The minimum absolute atomic E-state index is 0.196. The quantitative estimate of drug-likeness (QED) is 0.463. The molecule has 1 rings (SSSR count). The molecule has 19 heavy (non-hydrogen) atoms. The molecule has 1 aromatic carbocycles. The normalized spacial score (nSPS) is 12.6. The lowest BCUT2D eigenvalue weighted by atomic mass is 9.96. The Labute approximate surface area is 114 Å². The van der Waals surface area contributed by atoms with Crippen LogP contribution < -0.4 is 0 Å². The third-order valence-corrected chi connectivity index (χ3v) is 2.59. The second kappa shape index (κ2) is 6.32. The molecule has 0 spiro atoms. The second-order valence-corrected chi connectivity index (χ2v) is 5.40. The molecule has 0 heterocycles. The molecule has 1 atom stereocenters. The van der Waals surface area contributed by atoms with E-state index in [1.165, 1.54) is 0 Å². The fourth-order valence-corrected chi connectivity index (χ4v) is 1.45. The lowest BCUT2D eigenvalue weighted by Crippen LogP contribution is -2.32. The van der Waals surface area contributed by atoms with Crippen LogP contribution in [0.4, 0.5) is 0 Å². The molecule has 102 valence electrons. The van der Waals surface area contributed by atoms with Crippen LogP contribution in [-0.2, 0) is 9.53 Å². The molecule has 0 aliphatic rings. The first-order valence-corrected chi connectivity index (χ1v) is 6.27. The summed E-state index contributed by atoms with van der Waals surface area (Å²) < 4.78 is 5.31. The Morgan fingerprint density at radius 1 is 1.26 bits per heavy atom. The highest BCUT2D eigenvalue weighted by molar-refractivity contribution is 6.00. The molecule has 0 saturated carbocycles. The molecule has 3 heteroatoms. The van der Waals surface area contributed by atoms with Gasteiger partial charge in [-0.3, -0.25) is 9.59 Å². The number of hydrogen-bond acceptors (Lipinski definition) is 3. The van der Waals surface area contributed by atoms with Crippen LogP contribution >= 0.6 is 0 Å². The molecule has 3 nitrogen and oxygen atoms in total. The van der Waals surface area contributed by atoms with Crippen molar-refractivity contribution in [1.82, 2.24) is 0 Å². The van der Waals surface area contributed by atoms with Crippen molar-refractivity contribution in [3.63, 3.8) is 0 Å². The van der Waals surface area contributed by atoms with Gasteiger partial charge in [-0.2, -0.15) is 0 Å². The van der Waals surface area contributed by atoms with Gasteiger partial charge in [-0.1, -0.05) is 36.4 Å². The van der Waals surface area contributed by atoms with E-state index in [0.717, 1.165) is 0 Å². The Hall–Kier alpha value is -1.90. The van der Waals surface area contributed by atoms with Gasteiger partial charge in [0.05, 0.1) is 5.41 Å². The van der Waals surface area contributed by atoms with E-state index in [1.807, 2.05) is 6.07 Å². The summed E-state index contributed by atoms with van der Waals surface area (Å²) in [7, 11) is 0. The highest BCUT2D eigenvalue weighted by atomic mass is 16.5. The monoisotopic (exact) mass is 260 g/mol. The van der Waals surface area contributed by atoms with Crippen LogP contribution in [0, 0.1) is 5.41 Å². The van der Waals surface area contributed by atoms with Gasteiger partial charge in [0.15, 0.2) is 6.10 Å². The molecule has 0 unspecified atom stereocenters. The minimum Gasteiger partial charge on any atom is -0.453 e. The third-order valence-electron chi connectivity index (χ3n) is 2.59. The third kappa shape index (κ3) is 4.36. The van der Waals surface area contributed by atoms with Gasteiger partial charge in [0.2, 0.25) is 5.78 Å². The highest BCUT2D eigenvalue weighted by Crippen LogP contribution is 2.19. The van der Waals surface area contributed by atoms with Gasteiger partial charge in [0, 0.05) is 12.0 Å². The molecule has 0 aliphatic carbocycles. The summed E-state index contributed by atoms with van der Waals surface area (Å²) in [6.45, 7) is 8.87. The van der Waals surface area contributed by atoms with E-state index in [1.54, 1.807) is 51.1 Å². The van der Waals surface area contributed by atoms with Crippen LogP contribution in [0.5, 0.6) is 0 Å². The molecule has 0 N–H and O–H groups in total. The summed E-state index contributed by atoms with van der Waals surface area (Å²) in [6.07, 6.45) is 1.10. The summed E-state index contributed by atoms with van der Waals surface area (Å²) in [6, 6.07) is 8.82. The first-order chi connectivity index (χ1) is 8.86. The Kier molecular flexibility index (Phi) is 5.04. The molecule has 0 radical (unpaired) electrons. The maximum absolute atomic E-state index is 12.3. The molecule has 0 bridgehead atoms. The van der Waals surface area contributed by atoms with Crippen LogP contribution in [0.25, 0.3) is 0 Å². The summed E-state index contributed by atoms with van der Waals surface area (Å²) >= 11 is 0. The summed E-state index contributed by atoms with van der Waals surface area (Å²) in [5.41, 5.74) is -0.0906. The number of benzene rings is 1. The van der Waals surface area contributed by atoms with E-state index in [0.29, 0.717) is 12.0 Å². The van der Waals surface area contributed by atoms with Crippen LogP contribution in [-0.4, -0.2) is 17.9 Å². The molecule has 1 aromatic rings. The largest absolute Gasteiger partial charge is 0.453 e. The summed E-state index contributed by atoms with van der Waals surface area (Å²) in [4.78, 5) is 24.1. The zero-order valence-corrected chi connectivity index (χ0v) is 11.7. The van der Waals surface area contributed by atoms with E-state index < -0.39 is 11.5 Å². The fraction of sp³-hybridized carbons (Fsp3) is 0.375. The van der Waals surface area contributed by atoms with Crippen molar-refractivity contribution in [3.8, 4) is 0 Å². The lowest BCUT2D eigenvalue weighted by molar-refractivity contribution is -0.156. The standard InChI is InChI=1S/C16H20O3/c1-5-9-13(19-15(18)16(2,3)4)14(17)12-10-7-6-8-11-12/h5-8,10-11,13H,1,9H2,2-4H3/t13-/m0/s1. The predicted molar refractivity (Wildman–Crippen MR) is 74.9 cm³/mol. The molecule has 0 aliphatic heterocycles. The fourth-order valence-electron chi connectivity index (χ4n) is 1.45. The zero-order valence-electron chi connectivity index (χ0n) is 11.7. The van der Waals surface area contributed by atoms with E-state index in [4.69, 9.17) is 4.74 Å². The minimum atomic E-state index is -0.799. The van der Waals surface area contributed by atoms with Gasteiger partial charge >= 0.3 is 5.97 Å². The Morgan fingerprint density at radius 3 is 2.32 bits per heavy atom. The van der Waals surface area contributed by atoms with Gasteiger partial charge < -0.3 is 4.74 Å². The Morgan fingerprint density at radius 2 is 1.84 bits per heavy atom. The topological polar surface area (TPSA) is 43.4 Å². The number of carbonyl (C=O) groups is 2. The van der Waals surface area contributed by atoms with E-state index >= 15 is 0 Å². The van der Waals surface area contributed by atoms with Crippen molar-refractivity contribution < 1.29 is 14.3 Å². The van der Waals surface area contributed by atoms with Crippen LogP contribution in [0.15, 0.2) is 43.0 Å². The van der Waals surface area contributed by atoms with E-state index in [9.17, 15) is 9.59 Å². The molecule has 0 amide bonds. The number of ketones is 1. The number of Topliss-reactive ketones (excluding diaryl/α,β-unsaturated/α-hetero) is 1. The summed E-state index contributed by atoms with van der Waals surface area (Å²) in [5.74, 6) is -0.582. The number of ether oxygens (including phenoxy) is 1. The van der Waals surface area contributed by atoms with Crippen molar-refractivity contribution in [2.24, 2.45) is 5.41 Å². The van der Waals surface area contributed by atoms with Gasteiger partial charge in [-0.15, -0.1) is 6.58 Å². The highest BCUT2D eigenvalue weighted by Gasteiger charge is 2.29. The molecule has 0 saturated heterocycles. The molecule has 0 fully saturated rings. The van der Waals surface area contributed by atoms with Gasteiger partial charge in [0.25, 0.3) is 0 Å². The van der Waals surface area contributed by atoms with Gasteiger partial charge in [0.1, 0.15) is 0 Å². The first-order valence-electron chi connectivity index (χ1n) is 6.27. The van der Waals surface area contributed by atoms with E-state index in [2.05, 4.69) is 6.58 Å². The maximum atomic E-state index is 12.3.